The molecule has 2 heterocycles. The van der Waals surface area contributed by atoms with Crippen LogP contribution in [0.2, 0.25) is 0 Å². The Labute approximate surface area is 122 Å². The van der Waals surface area contributed by atoms with Crippen LogP contribution in [0.15, 0.2) is 24.3 Å². The lowest BCUT2D eigenvalue weighted by Gasteiger charge is -2.44. The second-order valence-corrected chi connectivity index (χ2v) is 6.62. The van der Waals surface area contributed by atoms with Crippen molar-refractivity contribution in [1.82, 2.24) is 4.90 Å². The molecule has 2 aliphatic rings. The molecule has 2 unspecified atom stereocenters. The zero-order chi connectivity index (χ0) is 14.3. The summed E-state index contributed by atoms with van der Waals surface area (Å²) in [6.07, 6.45) is 5.53. The molecular weight excluding hydrogens is 246 g/mol. The monoisotopic (exact) mass is 271 g/mol. The maximum absolute atomic E-state index is 12.2. The lowest BCUT2D eigenvalue weighted by atomic mass is 9.76. The third-order valence-electron chi connectivity index (χ3n) is 5.77. The Kier molecular flexibility index (Phi) is 3.45. The van der Waals surface area contributed by atoms with Crippen LogP contribution in [0.4, 0.5) is 0 Å². The van der Waals surface area contributed by atoms with Gasteiger partial charge >= 0.3 is 0 Å². The zero-order valence-corrected chi connectivity index (χ0v) is 12.9. The molecule has 1 aromatic rings. The van der Waals surface area contributed by atoms with E-state index in [4.69, 9.17) is 0 Å². The van der Waals surface area contributed by atoms with Crippen LogP contribution in [0, 0.1) is 0 Å². The number of Topliss-reactive ketones (excluding diaryl/α,β-unsaturated/α-hetero) is 1. The molecule has 1 aromatic carbocycles. The van der Waals surface area contributed by atoms with E-state index < -0.39 is 0 Å². The van der Waals surface area contributed by atoms with Crippen LogP contribution in [-0.2, 0) is 11.2 Å². The van der Waals surface area contributed by atoms with E-state index in [0.717, 1.165) is 19.3 Å². The first-order valence-corrected chi connectivity index (χ1v) is 7.89. The Morgan fingerprint density at radius 2 is 2.05 bits per heavy atom. The van der Waals surface area contributed by atoms with Gasteiger partial charge in [0, 0.05) is 6.04 Å². The molecule has 2 nitrogen and oxygen atoms in total. The van der Waals surface area contributed by atoms with Crippen LogP contribution < -0.4 is 0 Å². The average Bonchev–Trinajstić information content (AvgIpc) is 2.66. The van der Waals surface area contributed by atoms with Gasteiger partial charge in [0.15, 0.2) is 0 Å². The van der Waals surface area contributed by atoms with Crippen molar-refractivity contribution in [3.05, 3.63) is 35.4 Å². The number of likely N-dealkylation sites (N-methyl/N-ethyl adjacent to an activating group) is 1. The van der Waals surface area contributed by atoms with Gasteiger partial charge in [0.2, 0.25) is 0 Å². The molecule has 0 spiro atoms. The molecular formula is C18H25NO. The third kappa shape index (κ3) is 2.01. The average molecular weight is 271 g/mol. The predicted octanol–water partition coefficient (Wildman–Crippen LogP) is 3.55. The Bertz CT molecular complexity index is 507. The van der Waals surface area contributed by atoms with Gasteiger partial charge in [-0.3, -0.25) is 9.69 Å². The fourth-order valence-electron chi connectivity index (χ4n) is 4.31. The van der Waals surface area contributed by atoms with Gasteiger partial charge in [-0.25, -0.2) is 0 Å². The molecule has 0 N–H and O–H groups in total. The highest BCUT2D eigenvalue weighted by molar-refractivity contribution is 5.87. The molecule has 3 atom stereocenters. The lowest BCUT2D eigenvalue weighted by Crippen LogP contribution is -2.54. The highest BCUT2D eigenvalue weighted by Crippen LogP contribution is 2.49. The van der Waals surface area contributed by atoms with Crippen molar-refractivity contribution < 1.29 is 4.79 Å². The van der Waals surface area contributed by atoms with Crippen LogP contribution in [0.5, 0.6) is 0 Å². The highest BCUT2D eigenvalue weighted by atomic mass is 16.1. The van der Waals surface area contributed by atoms with Crippen LogP contribution in [0.3, 0.4) is 0 Å². The highest BCUT2D eigenvalue weighted by Gasteiger charge is 2.52. The van der Waals surface area contributed by atoms with Crippen molar-refractivity contribution in [3.8, 4) is 0 Å². The first-order valence-electron chi connectivity index (χ1n) is 7.89. The fourth-order valence-corrected chi connectivity index (χ4v) is 4.31. The van der Waals surface area contributed by atoms with Gasteiger partial charge in [0.05, 0.1) is 5.54 Å². The van der Waals surface area contributed by atoms with Crippen molar-refractivity contribution in [2.75, 3.05) is 7.05 Å². The third-order valence-corrected chi connectivity index (χ3v) is 5.77. The smallest absolute Gasteiger partial charge is 0.150 e. The van der Waals surface area contributed by atoms with Crippen molar-refractivity contribution in [1.29, 1.82) is 0 Å². The van der Waals surface area contributed by atoms with E-state index in [2.05, 4.69) is 43.1 Å². The van der Waals surface area contributed by atoms with Gasteiger partial charge in [-0.2, -0.15) is 0 Å². The standard InChI is InChI=1S/C18H25NO/c1-4-14-5-7-15(8-6-14)16-11-17-9-10-18(12-16,13(2)20)19(17)3/h5-8,16-17H,4,9-12H2,1-3H3/t16-,17?,18?/m0/s1. The number of carbonyl (C=O) groups excluding carboxylic acids is 1. The van der Waals surface area contributed by atoms with Crippen molar-refractivity contribution in [2.45, 2.75) is 63.5 Å². The predicted molar refractivity (Wildman–Crippen MR) is 82.0 cm³/mol. The summed E-state index contributed by atoms with van der Waals surface area (Å²) in [5.74, 6) is 0.908. The molecule has 108 valence electrons. The molecule has 0 saturated carbocycles. The summed E-state index contributed by atoms with van der Waals surface area (Å²) in [5, 5.41) is 0. The van der Waals surface area contributed by atoms with E-state index in [0.29, 0.717) is 17.7 Å². The topological polar surface area (TPSA) is 20.3 Å². The summed E-state index contributed by atoms with van der Waals surface area (Å²) in [6, 6.07) is 9.64. The maximum atomic E-state index is 12.2. The van der Waals surface area contributed by atoms with E-state index in [1.165, 1.54) is 24.0 Å². The summed E-state index contributed by atoms with van der Waals surface area (Å²) in [4.78, 5) is 14.6. The largest absolute Gasteiger partial charge is 0.298 e. The molecule has 0 amide bonds. The van der Waals surface area contributed by atoms with Gasteiger partial charge in [0.1, 0.15) is 5.78 Å². The molecule has 2 aliphatic heterocycles. The number of aryl methyl sites for hydroxylation is 1. The molecule has 2 bridgehead atoms. The molecule has 2 heteroatoms. The number of carbonyl (C=O) groups is 1. The second kappa shape index (κ2) is 5.00. The van der Waals surface area contributed by atoms with Gasteiger partial charge in [0.25, 0.3) is 0 Å². The second-order valence-electron chi connectivity index (χ2n) is 6.62. The Morgan fingerprint density at radius 3 is 2.65 bits per heavy atom. The van der Waals surface area contributed by atoms with Crippen LogP contribution in [-0.4, -0.2) is 29.3 Å². The van der Waals surface area contributed by atoms with Crippen LogP contribution in [0.25, 0.3) is 0 Å². The fraction of sp³-hybridized carbons (Fsp3) is 0.611. The van der Waals surface area contributed by atoms with Gasteiger partial charge in [-0.1, -0.05) is 31.2 Å². The van der Waals surface area contributed by atoms with Gasteiger partial charge in [-0.05, 0) is 63.1 Å². The first kappa shape index (κ1) is 13.8. The van der Waals surface area contributed by atoms with E-state index in [1.54, 1.807) is 6.92 Å². The molecule has 0 aliphatic carbocycles. The van der Waals surface area contributed by atoms with E-state index in [9.17, 15) is 4.79 Å². The van der Waals surface area contributed by atoms with Gasteiger partial charge < -0.3 is 0 Å². The van der Waals surface area contributed by atoms with Gasteiger partial charge in [-0.15, -0.1) is 0 Å². The molecule has 20 heavy (non-hydrogen) atoms. The summed E-state index contributed by atoms with van der Waals surface area (Å²) in [5.41, 5.74) is 2.63. The number of piperidine rings is 1. The molecule has 2 fully saturated rings. The van der Waals surface area contributed by atoms with Crippen molar-refractivity contribution in [2.24, 2.45) is 0 Å². The Balaban J connectivity index is 1.87. The summed E-state index contributed by atoms with van der Waals surface area (Å²) >= 11 is 0. The number of benzene rings is 1. The normalized spacial score (nSPS) is 33.4. The van der Waals surface area contributed by atoms with Crippen molar-refractivity contribution >= 4 is 5.78 Å². The summed E-state index contributed by atoms with van der Waals surface area (Å²) in [7, 11) is 2.15. The summed E-state index contributed by atoms with van der Waals surface area (Å²) in [6.45, 7) is 3.97. The number of ketones is 1. The summed E-state index contributed by atoms with van der Waals surface area (Å²) < 4.78 is 0. The number of fused-ring (bicyclic) bond motifs is 2. The molecule has 0 aromatic heterocycles. The zero-order valence-electron chi connectivity index (χ0n) is 12.9. The molecule has 3 rings (SSSR count). The Hall–Kier alpha value is -1.15. The van der Waals surface area contributed by atoms with E-state index in [1.807, 2.05) is 0 Å². The quantitative estimate of drug-likeness (QED) is 0.838. The number of hydrogen-bond donors (Lipinski definition) is 0. The lowest BCUT2D eigenvalue weighted by molar-refractivity contribution is -0.129. The minimum atomic E-state index is -0.184. The van der Waals surface area contributed by atoms with Crippen molar-refractivity contribution in [3.63, 3.8) is 0 Å². The van der Waals surface area contributed by atoms with E-state index in [-0.39, 0.29) is 5.54 Å². The number of hydrogen-bond acceptors (Lipinski definition) is 2. The first-order chi connectivity index (χ1) is 9.56. The number of nitrogens with zero attached hydrogens (tertiary/aromatic N) is 1. The molecule has 2 saturated heterocycles. The minimum absolute atomic E-state index is 0.184. The van der Waals surface area contributed by atoms with E-state index >= 15 is 0 Å². The Morgan fingerprint density at radius 1 is 1.35 bits per heavy atom. The van der Waals surface area contributed by atoms with Crippen LogP contribution >= 0.6 is 0 Å². The minimum Gasteiger partial charge on any atom is -0.298 e. The number of rotatable bonds is 3. The molecule has 0 radical (unpaired) electrons. The van der Waals surface area contributed by atoms with Crippen LogP contribution in [0.1, 0.15) is 56.6 Å². The SMILES string of the molecule is CCc1ccc([C@H]2CC3CCC(C(C)=O)(C2)N3C)cc1. The maximum Gasteiger partial charge on any atom is 0.150 e.